The highest BCUT2D eigenvalue weighted by Gasteiger charge is 2.29. The SMILES string of the molecule is C[C@@H](CC(F)F)NC(=O)O[C@H]1CC[C@@H](c2cnc(Nc3ccc(S(N)(=O)=O)cc3)nc2)C1. The van der Waals surface area contributed by atoms with Crippen molar-refractivity contribution >= 4 is 27.8 Å². The van der Waals surface area contributed by atoms with Crippen molar-refractivity contribution in [3.63, 3.8) is 0 Å². The molecule has 3 rings (SSSR count). The van der Waals surface area contributed by atoms with Crippen LogP contribution in [0.3, 0.4) is 0 Å². The Bertz CT molecular complexity index is 1020. The fourth-order valence-electron chi connectivity index (χ4n) is 3.53. The number of halogens is 2. The number of hydrogen-bond acceptors (Lipinski definition) is 7. The molecule has 174 valence electrons. The zero-order valence-electron chi connectivity index (χ0n) is 17.4. The molecule has 0 unspecified atom stereocenters. The first kappa shape index (κ1) is 23.8. The van der Waals surface area contributed by atoms with Gasteiger partial charge in [-0.25, -0.2) is 37.1 Å². The second-order valence-corrected chi connectivity index (χ2v) is 9.31. The number of rotatable bonds is 8. The van der Waals surface area contributed by atoms with E-state index in [2.05, 4.69) is 20.6 Å². The summed E-state index contributed by atoms with van der Waals surface area (Å²) in [6.07, 6.45) is 1.53. The second-order valence-electron chi connectivity index (χ2n) is 7.74. The third kappa shape index (κ3) is 6.82. The van der Waals surface area contributed by atoms with E-state index in [1.807, 2.05) is 0 Å². The number of anilines is 2. The van der Waals surface area contributed by atoms with Gasteiger partial charge in [0, 0.05) is 30.5 Å². The zero-order valence-corrected chi connectivity index (χ0v) is 18.2. The molecular weight excluding hydrogens is 444 g/mol. The average Bonchev–Trinajstić information content (AvgIpc) is 3.15. The number of nitrogens with one attached hydrogen (secondary N) is 2. The van der Waals surface area contributed by atoms with E-state index in [0.29, 0.717) is 24.5 Å². The van der Waals surface area contributed by atoms with Crippen molar-refractivity contribution in [1.29, 1.82) is 0 Å². The van der Waals surface area contributed by atoms with Gasteiger partial charge in [-0.3, -0.25) is 0 Å². The number of alkyl halides is 2. The molecule has 1 aliphatic rings. The van der Waals surface area contributed by atoms with Crippen LogP contribution in [0, 0.1) is 0 Å². The van der Waals surface area contributed by atoms with Crippen molar-refractivity contribution < 1.29 is 26.7 Å². The third-order valence-corrected chi connectivity index (χ3v) is 6.07. The van der Waals surface area contributed by atoms with Crippen LogP contribution in [0.1, 0.15) is 44.1 Å². The van der Waals surface area contributed by atoms with Gasteiger partial charge in [0.1, 0.15) is 6.10 Å². The molecule has 9 nitrogen and oxygen atoms in total. The van der Waals surface area contributed by atoms with Gasteiger partial charge in [-0.2, -0.15) is 0 Å². The Kier molecular flexibility index (Phi) is 7.56. The van der Waals surface area contributed by atoms with Crippen molar-refractivity contribution in [2.75, 3.05) is 5.32 Å². The molecule has 0 spiro atoms. The molecular formula is C20H25F2N5O4S. The summed E-state index contributed by atoms with van der Waals surface area (Å²) in [6.45, 7) is 1.51. The van der Waals surface area contributed by atoms with Crippen LogP contribution < -0.4 is 15.8 Å². The summed E-state index contributed by atoms with van der Waals surface area (Å²) < 4.78 is 52.7. The highest BCUT2D eigenvalue weighted by Crippen LogP contribution is 2.35. The van der Waals surface area contributed by atoms with Crippen molar-refractivity contribution in [1.82, 2.24) is 15.3 Å². The van der Waals surface area contributed by atoms with Crippen LogP contribution in [-0.4, -0.2) is 43.1 Å². The van der Waals surface area contributed by atoms with E-state index < -0.39 is 35.0 Å². The Labute approximate surface area is 184 Å². The molecule has 0 aliphatic heterocycles. The largest absolute Gasteiger partial charge is 0.446 e. The molecule has 32 heavy (non-hydrogen) atoms. The van der Waals surface area contributed by atoms with Crippen LogP contribution in [0.4, 0.5) is 25.2 Å². The topological polar surface area (TPSA) is 136 Å². The van der Waals surface area contributed by atoms with Gasteiger partial charge in [0.2, 0.25) is 22.4 Å². The number of carbonyl (C=O) groups excluding carboxylic acids is 1. The highest BCUT2D eigenvalue weighted by atomic mass is 32.2. The molecule has 0 saturated heterocycles. The average molecular weight is 470 g/mol. The number of ether oxygens (including phenoxy) is 1. The van der Waals surface area contributed by atoms with Crippen LogP contribution in [0.25, 0.3) is 0 Å². The number of benzene rings is 1. The molecule has 1 fully saturated rings. The van der Waals surface area contributed by atoms with Crippen molar-refractivity contribution in [2.45, 2.75) is 62.0 Å². The van der Waals surface area contributed by atoms with Gasteiger partial charge in [0.25, 0.3) is 0 Å². The molecule has 3 atom stereocenters. The summed E-state index contributed by atoms with van der Waals surface area (Å²) >= 11 is 0. The van der Waals surface area contributed by atoms with E-state index in [-0.39, 0.29) is 16.9 Å². The maximum Gasteiger partial charge on any atom is 0.407 e. The number of carbonyl (C=O) groups is 1. The first-order valence-electron chi connectivity index (χ1n) is 10.1. The van der Waals surface area contributed by atoms with Gasteiger partial charge < -0.3 is 15.4 Å². The zero-order chi connectivity index (χ0) is 23.3. The lowest BCUT2D eigenvalue weighted by Gasteiger charge is -2.17. The van der Waals surface area contributed by atoms with E-state index >= 15 is 0 Å². The van der Waals surface area contributed by atoms with Crippen LogP contribution in [0.15, 0.2) is 41.6 Å². The van der Waals surface area contributed by atoms with Gasteiger partial charge in [-0.1, -0.05) is 0 Å². The molecule has 0 radical (unpaired) electrons. The molecule has 1 aliphatic carbocycles. The standard InChI is InChI=1S/C20H25F2N5O4S/c1-12(8-18(21)22)26-20(28)31-16-5-2-13(9-16)14-10-24-19(25-11-14)27-15-3-6-17(7-4-15)32(23,29)30/h3-4,6-7,10-13,16,18H,2,5,8-9H2,1H3,(H,26,28)(H2,23,29,30)(H,24,25,27)/t12-,13+,16-/m0/s1. The number of hydrogen-bond donors (Lipinski definition) is 3. The normalized spacial score (nSPS) is 19.5. The van der Waals surface area contributed by atoms with Gasteiger partial charge in [0.05, 0.1) is 4.90 Å². The molecule has 1 aromatic heterocycles. The highest BCUT2D eigenvalue weighted by molar-refractivity contribution is 7.89. The van der Waals surface area contributed by atoms with E-state index in [4.69, 9.17) is 9.88 Å². The molecule has 12 heteroatoms. The number of aromatic nitrogens is 2. The van der Waals surface area contributed by atoms with Crippen LogP contribution in [0.2, 0.25) is 0 Å². The summed E-state index contributed by atoms with van der Waals surface area (Å²) in [4.78, 5) is 20.5. The van der Waals surface area contributed by atoms with Crippen LogP contribution in [0.5, 0.6) is 0 Å². The molecule has 1 saturated carbocycles. The first-order chi connectivity index (χ1) is 15.1. The van der Waals surface area contributed by atoms with Crippen molar-refractivity contribution in [3.05, 3.63) is 42.2 Å². The molecule has 0 bridgehead atoms. The monoisotopic (exact) mass is 469 g/mol. The van der Waals surface area contributed by atoms with Gasteiger partial charge >= 0.3 is 6.09 Å². The number of nitrogens with two attached hydrogens (primary N) is 1. The Morgan fingerprint density at radius 2 is 1.88 bits per heavy atom. The van der Waals surface area contributed by atoms with Gasteiger partial charge in [-0.15, -0.1) is 0 Å². The predicted molar refractivity (Wildman–Crippen MR) is 113 cm³/mol. The first-order valence-corrected chi connectivity index (χ1v) is 11.6. The van der Waals surface area contributed by atoms with Crippen molar-refractivity contribution in [3.8, 4) is 0 Å². The van der Waals surface area contributed by atoms with Crippen LogP contribution in [-0.2, 0) is 14.8 Å². The lowest BCUT2D eigenvalue weighted by atomic mass is 10.0. The van der Waals surface area contributed by atoms with Gasteiger partial charge in [0.15, 0.2) is 0 Å². The lowest BCUT2D eigenvalue weighted by Crippen LogP contribution is -2.36. The summed E-state index contributed by atoms with van der Waals surface area (Å²) in [5, 5.41) is 10.5. The molecule has 1 amide bonds. The minimum absolute atomic E-state index is 0.00878. The minimum Gasteiger partial charge on any atom is -0.446 e. The molecule has 1 heterocycles. The summed E-state index contributed by atoms with van der Waals surface area (Å²) in [6, 6.07) is 5.22. The minimum atomic E-state index is -3.76. The van der Waals surface area contributed by atoms with Crippen LogP contribution >= 0.6 is 0 Å². The number of primary sulfonamides is 1. The van der Waals surface area contributed by atoms with Crippen molar-refractivity contribution in [2.24, 2.45) is 5.14 Å². The van der Waals surface area contributed by atoms with Gasteiger partial charge in [-0.05, 0) is 61.9 Å². The Morgan fingerprint density at radius 3 is 2.47 bits per heavy atom. The maximum atomic E-state index is 12.4. The fraction of sp³-hybridized carbons (Fsp3) is 0.450. The predicted octanol–water partition coefficient (Wildman–Crippen LogP) is 3.27. The number of alkyl carbamates (subject to hydrolysis) is 1. The molecule has 2 aromatic rings. The second kappa shape index (κ2) is 10.2. The number of sulfonamides is 1. The number of nitrogens with zero attached hydrogens (tertiary/aromatic N) is 2. The Hall–Kier alpha value is -2.86. The molecule has 4 N–H and O–H groups in total. The lowest BCUT2D eigenvalue weighted by molar-refractivity contribution is 0.0895. The number of amides is 1. The Balaban J connectivity index is 1.50. The summed E-state index contributed by atoms with van der Waals surface area (Å²) in [7, 11) is -3.76. The summed E-state index contributed by atoms with van der Waals surface area (Å²) in [5.41, 5.74) is 1.50. The smallest absolute Gasteiger partial charge is 0.407 e. The van der Waals surface area contributed by atoms with E-state index in [1.165, 1.54) is 19.1 Å². The Morgan fingerprint density at radius 1 is 1.22 bits per heavy atom. The quantitative estimate of drug-likeness (QED) is 0.540. The maximum absolute atomic E-state index is 12.4. The van der Waals surface area contributed by atoms with E-state index in [0.717, 1.165) is 12.0 Å². The summed E-state index contributed by atoms with van der Waals surface area (Å²) in [5.74, 6) is 0.463. The third-order valence-electron chi connectivity index (χ3n) is 5.14. The fourth-order valence-corrected chi connectivity index (χ4v) is 4.05. The molecule has 1 aromatic carbocycles. The van der Waals surface area contributed by atoms with E-state index in [1.54, 1.807) is 24.5 Å². The van der Waals surface area contributed by atoms with E-state index in [9.17, 15) is 22.0 Å².